The summed E-state index contributed by atoms with van der Waals surface area (Å²) in [4.78, 5) is 31.0. The number of para-hydroxylation sites is 1. The lowest BCUT2D eigenvalue weighted by Crippen LogP contribution is -2.11. The Labute approximate surface area is 137 Å². The lowest BCUT2D eigenvalue weighted by atomic mass is 10.1. The van der Waals surface area contributed by atoms with Crippen molar-refractivity contribution in [3.63, 3.8) is 0 Å². The summed E-state index contributed by atoms with van der Waals surface area (Å²) < 4.78 is 0. The summed E-state index contributed by atoms with van der Waals surface area (Å²) in [5.41, 5.74) is 2.34. The molecule has 0 aliphatic carbocycles. The van der Waals surface area contributed by atoms with Gasteiger partial charge in [-0.25, -0.2) is 4.98 Å². The highest BCUT2D eigenvalue weighted by molar-refractivity contribution is 7.17. The molecule has 5 nitrogen and oxygen atoms in total. The Morgan fingerprint density at radius 2 is 2.13 bits per heavy atom. The molecular weight excluding hydrogens is 310 g/mol. The summed E-state index contributed by atoms with van der Waals surface area (Å²) in [6, 6.07) is 8.14. The Hall–Kier alpha value is -2.47. The fourth-order valence-electron chi connectivity index (χ4n) is 2.45. The molecule has 0 saturated heterocycles. The number of hydrogen-bond donors (Lipinski definition) is 2. The van der Waals surface area contributed by atoms with E-state index in [9.17, 15) is 9.59 Å². The van der Waals surface area contributed by atoms with Crippen molar-refractivity contribution in [2.75, 3.05) is 5.32 Å². The van der Waals surface area contributed by atoms with E-state index in [1.54, 1.807) is 0 Å². The Kier molecular flexibility index (Phi) is 4.52. The number of rotatable bonds is 6. The zero-order valence-electron chi connectivity index (χ0n) is 12.8. The zero-order valence-corrected chi connectivity index (χ0v) is 13.6. The second-order valence-electron chi connectivity index (χ2n) is 5.35. The van der Waals surface area contributed by atoms with Crippen LogP contribution in [0.1, 0.15) is 35.0 Å². The predicted molar refractivity (Wildman–Crippen MR) is 92.0 cm³/mol. The van der Waals surface area contributed by atoms with Gasteiger partial charge in [0.05, 0.1) is 11.1 Å². The fourth-order valence-corrected chi connectivity index (χ4v) is 3.18. The van der Waals surface area contributed by atoms with E-state index in [1.807, 2.05) is 24.4 Å². The van der Waals surface area contributed by atoms with E-state index in [1.165, 1.54) is 35.4 Å². The first-order valence-electron chi connectivity index (χ1n) is 7.45. The summed E-state index contributed by atoms with van der Waals surface area (Å²) in [6.45, 7) is 1.49. The second-order valence-corrected chi connectivity index (χ2v) is 6.38. The second kappa shape index (κ2) is 6.75. The maximum Gasteiger partial charge on any atom is 0.226 e. The predicted octanol–water partition coefficient (Wildman–Crippen LogP) is 3.79. The number of nitrogens with one attached hydrogen (secondary N) is 2. The van der Waals surface area contributed by atoms with Crippen molar-refractivity contribution in [3.8, 4) is 0 Å². The van der Waals surface area contributed by atoms with E-state index < -0.39 is 0 Å². The molecule has 0 aliphatic rings. The Morgan fingerprint density at radius 3 is 2.91 bits per heavy atom. The third-order valence-electron chi connectivity index (χ3n) is 3.62. The number of ketones is 1. The third kappa shape index (κ3) is 3.65. The number of anilines is 1. The molecule has 2 N–H and O–H groups in total. The first-order valence-corrected chi connectivity index (χ1v) is 8.27. The zero-order chi connectivity index (χ0) is 16.2. The summed E-state index contributed by atoms with van der Waals surface area (Å²) in [5, 5.41) is 4.43. The number of Topliss-reactive ketones (excluding diaryl/α,β-unsaturated/α-hetero) is 1. The highest BCUT2D eigenvalue weighted by Gasteiger charge is 2.09. The van der Waals surface area contributed by atoms with Gasteiger partial charge in [-0.15, -0.1) is 0 Å². The SMILES string of the molecule is CC(=O)c1cnc(NC(=O)CCCc2c[nH]c3ccccc23)s1. The van der Waals surface area contributed by atoms with Gasteiger partial charge in [-0.3, -0.25) is 9.59 Å². The molecule has 0 radical (unpaired) electrons. The number of carbonyl (C=O) groups excluding carboxylic acids is 2. The number of amides is 1. The first kappa shape index (κ1) is 15.4. The van der Waals surface area contributed by atoms with Gasteiger partial charge in [0, 0.05) is 30.4 Å². The van der Waals surface area contributed by atoms with Gasteiger partial charge in [0.25, 0.3) is 0 Å². The molecule has 2 aromatic heterocycles. The minimum atomic E-state index is -0.0747. The van der Waals surface area contributed by atoms with E-state index >= 15 is 0 Å². The van der Waals surface area contributed by atoms with Crippen molar-refractivity contribution in [3.05, 3.63) is 47.1 Å². The molecule has 0 atom stereocenters. The fraction of sp³-hybridized carbons (Fsp3) is 0.235. The van der Waals surface area contributed by atoms with Gasteiger partial charge < -0.3 is 10.3 Å². The molecule has 0 saturated carbocycles. The summed E-state index contributed by atoms with van der Waals surface area (Å²) >= 11 is 1.20. The van der Waals surface area contributed by atoms with Gasteiger partial charge in [0.15, 0.2) is 10.9 Å². The Balaban J connectivity index is 1.52. The molecular formula is C17H17N3O2S. The largest absolute Gasteiger partial charge is 0.361 e. The van der Waals surface area contributed by atoms with Crippen LogP contribution in [0.3, 0.4) is 0 Å². The summed E-state index contributed by atoms with van der Waals surface area (Å²) in [6.07, 6.45) is 5.53. The van der Waals surface area contributed by atoms with Crippen LogP contribution in [0.5, 0.6) is 0 Å². The summed E-state index contributed by atoms with van der Waals surface area (Å²) in [7, 11) is 0. The van der Waals surface area contributed by atoms with E-state index in [-0.39, 0.29) is 11.7 Å². The lowest BCUT2D eigenvalue weighted by molar-refractivity contribution is -0.116. The Bertz CT molecular complexity index is 850. The summed E-state index contributed by atoms with van der Waals surface area (Å²) in [5.74, 6) is -0.114. The number of carbonyl (C=O) groups is 2. The third-order valence-corrected chi connectivity index (χ3v) is 4.64. The molecule has 118 valence electrons. The molecule has 1 aromatic carbocycles. The molecule has 6 heteroatoms. The average Bonchev–Trinajstić information content (AvgIpc) is 3.15. The first-order chi connectivity index (χ1) is 11.1. The quantitative estimate of drug-likeness (QED) is 0.676. The maximum absolute atomic E-state index is 11.9. The molecule has 0 unspecified atom stereocenters. The maximum atomic E-state index is 11.9. The van der Waals surface area contributed by atoms with Crippen molar-refractivity contribution >= 4 is 39.1 Å². The molecule has 0 fully saturated rings. The molecule has 23 heavy (non-hydrogen) atoms. The number of hydrogen-bond acceptors (Lipinski definition) is 4. The molecule has 2 heterocycles. The number of aromatic amines is 1. The number of thiazole rings is 1. The smallest absolute Gasteiger partial charge is 0.226 e. The van der Waals surface area contributed by atoms with Crippen molar-refractivity contribution in [1.82, 2.24) is 9.97 Å². The van der Waals surface area contributed by atoms with E-state index in [0.29, 0.717) is 16.4 Å². The van der Waals surface area contributed by atoms with Gasteiger partial charge in [0.2, 0.25) is 5.91 Å². The number of aryl methyl sites for hydroxylation is 1. The van der Waals surface area contributed by atoms with Crippen molar-refractivity contribution in [2.45, 2.75) is 26.2 Å². The molecule has 3 rings (SSSR count). The average molecular weight is 327 g/mol. The molecule has 3 aromatic rings. The molecule has 0 bridgehead atoms. The van der Waals surface area contributed by atoms with Gasteiger partial charge in [0.1, 0.15) is 0 Å². The van der Waals surface area contributed by atoms with Crippen LogP contribution < -0.4 is 5.32 Å². The van der Waals surface area contributed by atoms with Gasteiger partial charge in [-0.2, -0.15) is 0 Å². The molecule has 0 aliphatic heterocycles. The topological polar surface area (TPSA) is 74.8 Å². The van der Waals surface area contributed by atoms with E-state index in [0.717, 1.165) is 18.4 Å². The number of benzene rings is 1. The van der Waals surface area contributed by atoms with E-state index in [2.05, 4.69) is 21.4 Å². The van der Waals surface area contributed by atoms with Crippen LogP contribution in [-0.4, -0.2) is 21.7 Å². The van der Waals surface area contributed by atoms with Crippen molar-refractivity contribution < 1.29 is 9.59 Å². The van der Waals surface area contributed by atoms with Crippen LogP contribution in [0.4, 0.5) is 5.13 Å². The van der Waals surface area contributed by atoms with Gasteiger partial charge >= 0.3 is 0 Å². The van der Waals surface area contributed by atoms with Crippen LogP contribution in [0.15, 0.2) is 36.7 Å². The van der Waals surface area contributed by atoms with Crippen LogP contribution in [-0.2, 0) is 11.2 Å². The number of fused-ring (bicyclic) bond motifs is 1. The minimum Gasteiger partial charge on any atom is -0.361 e. The number of nitrogens with zero attached hydrogens (tertiary/aromatic N) is 1. The van der Waals surface area contributed by atoms with Crippen molar-refractivity contribution in [1.29, 1.82) is 0 Å². The standard InChI is InChI=1S/C17H17N3O2S/c1-11(21)15-10-19-17(23-15)20-16(22)8-4-5-12-9-18-14-7-3-2-6-13(12)14/h2-3,6-7,9-10,18H,4-5,8H2,1H3,(H,19,20,22). The number of aromatic nitrogens is 2. The van der Waals surface area contributed by atoms with Crippen LogP contribution in [0.2, 0.25) is 0 Å². The van der Waals surface area contributed by atoms with Gasteiger partial charge in [-0.1, -0.05) is 29.5 Å². The lowest BCUT2D eigenvalue weighted by Gasteiger charge is -2.01. The Morgan fingerprint density at radius 1 is 1.30 bits per heavy atom. The van der Waals surface area contributed by atoms with Crippen LogP contribution >= 0.6 is 11.3 Å². The monoisotopic (exact) mass is 327 g/mol. The van der Waals surface area contributed by atoms with E-state index in [4.69, 9.17) is 0 Å². The van der Waals surface area contributed by atoms with Crippen LogP contribution in [0.25, 0.3) is 10.9 Å². The normalized spacial score (nSPS) is 10.8. The number of H-pyrrole nitrogens is 1. The van der Waals surface area contributed by atoms with Crippen molar-refractivity contribution in [2.24, 2.45) is 0 Å². The highest BCUT2D eigenvalue weighted by atomic mass is 32.1. The molecule has 1 amide bonds. The molecule has 0 spiro atoms. The highest BCUT2D eigenvalue weighted by Crippen LogP contribution is 2.21. The minimum absolute atomic E-state index is 0.0395. The van der Waals surface area contributed by atoms with Crippen LogP contribution in [0, 0.1) is 0 Å². The van der Waals surface area contributed by atoms with Gasteiger partial charge in [-0.05, 0) is 24.5 Å².